The van der Waals surface area contributed by atoms with E-state index in [9.17, 15) is 9.50 Å². The van der Waals surface area contributed by atoms with Gasteiger partial charge in [0.05, 0.1) is 12.1 Å². The van der Waals surface area contributed by atoms with Gasteiger partial charge in [0, 0.05) is 23.9 Å². The van der Waals surface area contributed by atoms with E-state index in [0.717, 1.165) is 0 Å². The molecule has 0 bridgehead atoms. The number of β-amino-alcohol motifs (C(OH)–C–C–N with tert-alkyl or cyclic N) is 1. The van der Waals surface area contributed by atoms with Gasteiger partial charge in [0.25, 0.3) is 0 Å². The van der Waals surface area contributed by atoms with Crippen LogP contribution in [0.15, 0.2) is 47.1 Å². The Morgan fingerprint density at radius 3 is 2.78 bits per heavy atom. The van der Waals surface area contributed by atoms with E-state index in [1.807, 2.05) is 11.9 Å². The molecule has 0 radical (unpaired) electrons. The average molecular weight is 364 g/mol. The highest BCUT2D eigenvalue weighted by Gasteiger charge is 2.33. The molecule has 6 nitrogen and oxygen atoms in total. The smallest absolute Gasteiger partial charge is 0.244 e. The molecule has 1 fully saturated rings. The maximum atomic E-state index is 13.2. The third-order valence-corrected chi connectivity index (χ3v) is 4.42. The number of halogens is 1. The molecular weight excluding hydrogens is 347 g/mol. The number of aliphatic hydroxyl groups excluding tert-OH is 1. The molecule has 0 spiro atoms. The fourth-order valence-electron chi connectivity index (χ4n) is 3.05. The first-order valence-electron chi connectivity index (χ1n) is 8.54. The van der Waals surface area contributed by atoms with Crippen LogP contribution in [0.4, 0.5) is 4.39 Å². The number of hydrogen-bond donors (Lipinski definition) is 1. The lowest BCUT2D eigenvalue weighted by atomic mass is 10.2. The summed E-state index contributed by atoms with van der Waals surface area (Å²) in [4.78, 5) is 10.7. The van der Waals surface area contributed by atoms with Gasteiger partial charge >= 0.3 is 0 Å². The van der Waals surface area contributed by atoms with E-state index in [1.54, 1.807) is 30.5 Å². The SMILES string of the molecule is CN1CC(O)CC1c1nc(-c2ccc(C#Cc3cccc(F)c3)cn2)no1. The molecule has 7 heteroatoms. The molecule has 1 aromatic carbocycles. The Hall–Kier alpha value is -3.08. The van der Waals surface area contributed by atoms with Gasteiger partial charge in [-0.2, -0.15) is 4.98 Å². The van der Waals surface area contributed by atoms with Crippen molar-refractivity contribution in [2.75, 3.05) is 13.6 Å². The third-order valence-electron chi connectivity index (χ3n) is 4.42. The summed E-state index contributed by atoms with van der Waals surface area (Å²) in [5.41, 5.74) is 1.87. The molecule has 2 aromatic heterocycles. The van der Waals surface area contributed by atoms with Gasteiger partial charge in [0.2, 0.25) is 11.7 Å². The zero-order chi connectivity index (χ0) is 18.8. The van der Waals surface area contributed by atoms with Gasteiger partial charge in [-0.15, -0.1) is 0 Å². The van der Waals surface area contributed by atoms with Crippen molar-refractivity contribution in [1.82, 2.24) is 20.0 Å². The van der Waals surface area contributed by atoms with Crippen molar-refractivity contribution in [3.05, 3.63) is 65.4 Å². The zero-order valence-corrected chi connectivity index (χ0v) is 14.6. The number of likely N-dealkylation sites (tertiary alicyclic amines) is 1. The minimum Gasteiger partial charge on any atom is -0.392 e. The van der Waals surface area contributed by atoms with Crippen molar-refractivity contribution in [2.24, 2.45) is 0 Å². The highest BCUT2D eigenvalue weighted by atomic mass is 19.1. The van der Waals surface area contributed by atoms with Gasteiger partial charge in [-0.1, -0.05) is 23.1 Å². The standard InChI is InChI=1S/C20H17FN4O2/c1-25-12-16(26)10-18(25)20-23-19(24-27-20)17-8-7-14(11-22-17)6-5-13-3-2-4-15(21)9-13/h2-4,7-9,11,16,18,26H,10,12H2,1H3. The summed E-state index contributed by atoms with van der Waals surface area (Å²) in [5.74, 6) is 6.40. The van der Waals surface area contributed by atoms with E-state index in [0.29, 0.717) is 41.5 Å². The summed E-state index contributed by atoms with van der Waals surface area (Å²) in [6, 6.07) is 9.60. The molecule has 4 rings (SSSR count). The van der Waals surface area contributed by atoms with Crippen LogP contribution in [-0.4, -0.2) is 44.8 Å². The summed E-state index contributed by atoms with van der Waals surface area (Å²) in [5, 5.41) is 13.7. The van der Waals surface area contributed by atoms with E-state index in [1.165, 1.54) is 12.1 Å². The lowest BCUT2D eigenvalue weighted by molar-refractivity contribution is 0.182. The van der Waals surface area contributed by atoms with Crippen molar-refractivity contribution in [3.63, 3.8) is 0 Å². The van der Waals surface area contributed by atoms with Crippen LogP contribution in [0.5, 0.6) is 0 Å². The van der Waals surface area contributed by atoms with Crippen LogP contribution in [0.25, 0.3) is 11.5 Å². The predicted octanol–water partition coefficient (Wildman–Crippen LogP) is 2.41. The largest absolute Gasteiger partial charge is 0.392 e. The fraction of sp³-hybridized carbons (Fsp3) is 0.250. The van der Waals surface area contributed by atoms with Crippen molar-refractivity contribution in [1.29, 1.82) is 0 Å². The van der Waals surface area contributed by atoms with E-state index in [-0.39, 0.29) is 18.0 Å². The molecule has 1 saturated heterocycles. The van der Waals surface area contributed by atoms with Gasteiger partial charge in [0.1, 0.15) is 11.5 Å². The van der Waals surface area contributed by atoms with Gasteiger partial charge in [-0.25, -0.2) is 4.39 Å². The first-order chi connectivity index (χ1) is 13.1. The molecule has 0 saturated carbocycles. The van der Waals surface area contributed by atoms with E-state index in [2.05, 4.69) is 27.0 Å². The number of pyridine rings is 1. The molecule has 2 atom stereocenters. The Morgan fingerprint density at radius 2 is 2.07 bits per heavy atom. The first kappa shape index (κ1) is 17.3. The minimum atomic E-state index is -0.385. The number of rotatable bonds is 2. The Morgan fingerprint density at radius 1 is 1.22 bits per heavy atom. The molecule has 1 N–H and O–H groups in total. The van der Waals surface area contributed by atoms with Gasteiger partial charge in [-0.05, 0) is 43.8 Å². The molecule has 1 aliphatic rings. The Kier molecular flexibility index (Phi) is 4.67. The van der Waals surface area contributed by atoms with Crippen LogP contribution in [0.2, 0.25) is 0 Å². The Balaban J connectivity index is 1.50. The highest BCUT2D eigenvalue weighted by Crippen LogP contribution is 2.30. The number of likely N-dealkylation sites (N-methyl/N-ethyl adjacent to an activating group) is 1. The van der Waals surface area contributed by atoms with Crippen LogP contribution >= 0.6 is 0 Å². The normalized spacial score (nSPS) is 19.7. The van der Waals surface area contributed by atoms with Crippen molar-refractivity contribution in [3.8, 4) is 23.4 Å². The lowest BCUT2D eigenvalue weighted by Crippen LogP contribution is -2.19. The summed E-state index contributed by atoms with van der Waals surface area (Å²) >= 11 is 0. The molecular formula is C20H17FN4O2. The molecule has 0 amide bonds. The molecule has 136 valence electrons. The Bertz CT molecular complexity index is 1010. The van der Waals surface area contributed by atoms with Crippen LogP contribution in [0.1, 0.15) is 29.5 Å². The van der Waals surface area contributed by atoms with E-state index < -0.39 is 0 Å². The van der Waals surface area contributed by atoms with Crippen molar-refractivity contribution < 1.29 is 14.0 Å². The van der Waals surface area contributed by atoms with Crippen molar-refractivity contribution in [2.45, 2.75) is 18.6 Å². The molecule has 3 heterocycles. The minimum absolute atomic E-state index is 0.0855. The molecule has 2 unspecified atom stereocenters. The van der Waals surface area contributed by atoms with Crippen LogP contribution < -0.4 is 0 Å². The Labute approximate surface area is 155 Å². The number of benzene rings is 1. The number of aromatic nitrogens is 3. The number of nitrogens with zero attached hydrogens (tertiary/aromatic N) is 4. The maximum absolute atomic E-state index is 13.2. The first-order valence-corrected chi connectivity index (χ1v) is 8.54. The third kappa shape index (κ3) is 3.87. The molecule has 3 aromatic rings. The molecule has 0 aliphatic carbocycles. The zero-order valence-electron chi connectivity index (χ0n) is 14.6. The topological polar surface area (TPSA) is 75.3 Å². The number of hydrogen-bond acceptors (Lipinski definition) is 6. The quantitative estimate of drug-likeness (QED) is 0.704. The summed E-state index contributed by atoms with van der Waals surface area (Å²) < 4.78 is 18.5. The van der Waals surface area contributed by atoms with Gasteiger partial charge < -0.3 is 9.63 Å². The monoisotopic (exact) mass is 364 g/mol. The maximum Gasteiger partial charge on any atom is 0.244 e. The number of aliphatic hydroxyl groups is 1. The van der Waals surface area contributed by atoms with E-state index in [4.69, 9.17) is 4.52 Å². The van der Waals surface area contributed by atoms with Crippen LogP contribution in [0.3, 0.4) is 0 Å². The van der Waals surface area contributed by atoms with Gasteiger partial charge in [-0.3, -0.25) is 9.88 Å². The average Bonchev–Trinajstić information content (AvgIpc) is 3.27. The fourth-order valence-corrected chi connectivity index (χ4v) is 3.05. The van der Waals surface area contributed by atoms with Crippen LogP contribution in [-0.2, 0) is 0 Å². The second-order valence-electron chi connectivity index (χ2n) is 6.49. The molecule has 27 heavy (non-hydrogen) atoms. The summed E-state index contributed by atoms with van der Waals surface area (Å²) in [6.45, 7) is 0.583. The second kappa shape index (κ2) is 7.27. The summed E-state index contributed by atoms with van der Waals surface area (Å²) in [6.07, 6.45) is 1.80. The summed E-state index contributed by atoms with van der Waals surface area (Å²) in [7, 11) is 1.91. The van der Waals surface area contributed by atoms with Crippen molar-refractivity contribution >= 4 is 0 Å². The second-order valence-corrected chi connectivity index (χ2v) is 6.49. The lowest BCUT2D eigenvalue weighted by Gasteiger charge is -2.13. The predicted molar refractivity (Wildman–Crippen MR) is 95.9 cm³/mol. The van der Waals surface area contributed by atoms with E-state index >= 15 is 0 Å². The van der Waals surface area contributed by atoms with Gasteiger partial charge in [0.15, 0.2) is 0 Å². The van der Waals surface area contributed by atoms with Crippen LogP contribution in [0, 0.1) is 17.7 Å². The molecule has 1 aliphatic heterocycles. The highest BCUT2D eigenvalue weighted by molar-refractivity contribution is 5.51.